The first-order valence-corrected chi connectivity index (χ1v) is 7.09. The maximum atomic E-state index is 14.1. The van der Waals surface area contributed by atoms with E-state index in [1.165, 1.54) is 30.5 Å². The predicted molar refractivity (Wildman–Crippen MR) is 80.0 cm³/mol. The first-order chi connectivity index (χ1) is 10.7. The molecule has 0 atom stereocenters. The van der Waals surface area contributed by atoms with Gasteiger partial charge < -0.3 is 5.32 Å². The highest BCUT2D eigenvalue weighted by Crippen LogP contribution is 2.39. The van der Waals surface area contributed by atoms with Crippen molar-refractivity contribution in [1.82, 2.24) is 14.4 Å². The molecule has 1 fully saturated rings. The highest BCUT2D eigenvalue weighted by Gasteiger charge is 2.24. The minimum Gasteiger partial charge on any atom is -0.329 e. The van der Waals surface area contributed by atoms with E-state index in [9.17, 15) is 9.18 Å². The Balaban J connectivity index is 1.79. The van der Waals surface area contributed by atoms with E-state index < -0.39 is 0 Å². The Morgan fingerprint density at radius 2 is 2.18 bits per heavy atom. The van der Waals surface area contributed by atoms with Crippen LogP contribution in [0.1, 0.15) is 24.3 Å². The molecule has 1 aliphatic rings. The number of imidazole rings is 1. The number of rotatable bonds is 4. The Bertz CT molecular complexity index is 870. The molecule has 0 saturated heterocycles. The van der Waals surface area contributed by atoms with Crippen molar-refractivity contribution >= 4 is 17.9 Å². The zero-order valence-corrected chi connectivity index (χ0v) is 11.7. The number of fused-ring (bicyclic) bond motifs is 1. The molecule has 6 heteroatoms. The zero-order chi connectivity index (χ0) is 15.1. The Hall–Kier alpha value is -2.76. The lowest BCUT2D eigenvalue weighted by Crippen LogP contribution is -1.95. The number of nitrogens with one attached hydrogen (secondary N) is 1. The maximum Gasteiger partial charge on any atom is 0.234 e. The van der Waals surface area contributed by atoms with Crippen LogP contribution in [0.3, 0.4) is 0 Å². The summed E-state index contributed by atoms with van der Waals surface area (Å²) < 4.78 is 15.9. The maximum absolute atomic E-state index is 14.1. The lowest BCUT2D eigenvalue weighted by molar-refractivity contribution is -0.105. The van der Waals surface area contributed by atoms with Gasteiger partial charge in [0, 0.05) is 29.8 Å². The van der Waals surface area contributed by atoms with E-state index in [0.29, 0.717) is 35.1 Å². The van der Waals surface area contributed by atoms with Crippen LogP contribution in [-0.4, -0.2) is 20.8 Å². The van der Waals surface area contributed by atoms with Crippen molar-refractivity contribution in [2.24, 2.45) is 0 Å². The molecule has 1 saturated carbocycles. The molecule has 2 heterocycles. The van der Waals surface area contributed by atoms with Crippen LogP contribution in [-0.2, 0) is 4.79 Å². The fourth-order valence-corrected chi connectivity index (χ4v) is 2.54. The topological polar surface area (TPSA) is 59.3 Å². The van der Waals surface area contributed by atoms with Crippen LogP contribution in [0.4, 0.5) is 10.1 Å². The van der Waals surface area contributed by atoms with Crippen molar-refractivity contribution in [2.75, 3.05) is 5.32 Å². The van der Waals surface area contributed by atoms with E-state index in [2.05, 4.69) is 15.3 Å². The number of hydrogen-bond acceptors (Lipinski definition) is 3. The summed E-state index contributed by atoms with van der Waals surface area (Å²) in [6.07, 6.45) is 8.56. The summed E-state index contributed by atoms with van der Waals surface area (Å²) in [6.45, 7) is 0. The third-order valence-electron chi connectivity index (χ3n) is 3.85. The smallest absolute Gasteiger partial charge is 0.234 e. The second-order valence-corrected chi connectivity index (χ2v) is 5.45. The van der Waals surface area contributed by atoms with Gasteiger partial charge in [0.15, 0.2) is 0 Å². The van der Waals surface area contributed by atoms with Gasteiger partial charge in [0.1, 0.15) is 5.82 Å². The van der Waals surface area contributed by atoms with Crippen LogP contribution in [0.2, 0.25) is 0 Å². The number of anilines is 1. The van der Waals surface area contributed by atoms with Gasteiger partial charge in [-0.05, 0) is 42.5 Å². The number of carbonyl (C=O) groups excluding carboxylic acids is 1. The van der Waals surface area contributed by atoms with E-state index >= 15 is 0 Å². The predicted octanol–water partition coefficient (Wildman–Crippen LogP) is 2.98. The third-order valence-corrected chi connectivity index (χ3v) is 3.85. The summed E-state index contributed by atoms with van der Waals surface area (Å²) in [7, 11) is 0. The molecule has 5 nitrogen and oxygen atoms in total. The van der Waals surface area contributed by atoms with Crippen LogP contribution in [0, 0.1) is 5.82 Å². The number of halogens is 1. The lowest BCUT2D eigenvalue weighted by Gasteiger charge is -2.03. The molecule has 2 aromatic heterocycles. The van der Waals surface area contributed by atoms with Crippen molar-refractivity contribution < 1.29 is 9.18 Å². The summed E-state index contributed by atoms with van der Waals surface area (Å²) >= 11 is 0. The molecular formula is C16H13FN4O. The summed E-state index contributed by atoms with van der Waals surface area (Å²) in [4.78, 5) is 19.2. The van der Waals surface area contributed by atoms with Gasteiger partial charge in [-0.2, -0.15) is 0 Å². The highest BCUT2D eigenvalue weighted by molar-refractivity contribution is 5.75. The lowest BCUT2D eigenvalue weighted by atomic mass is 10.1. The van der Waals surface area contributed by atoms with Gasteiger partial charge in [-0.25, -0.2) is 14.4 Å². The molecular weight excluding hydrogens is 283 g/mol. The fourth-order valence-electron chi connectivity index (χ4n) is 2.54. The van der Waals surface area contributed by atoms with Gasteiger partial charge >= 0.3 is 0 Å². The van der Waals surface area contributed by atoms with Crippen molar-refractivity contribution in [3.8, 4) is 11.3 Å². The number of aromatic nitrogens is 3. The summed E-state index contributed by atoms with van der Waals surface area (Å²) in [6, 6.07) is 4.38. The van der Waals surface area contributed by atoms with Crippen LogP contribution in [0.5, 0.6) is 0 Å². The second-order valence-electron chi connectivity index (χ2n) is 5.45. The molecule has 3 aromatic rings. The minimum atomic E-state index is -0.387. The number of nitrogens with zero attached hydrogens (tertiary/aromatic N) is 3. The van der Waals surface area contributed by atoms with Gasteiger partial charge in [-0.1, -0.05) is 0 Å². The average Bonchev–Trinajstić information content (AvgIpc) is 3.28. The van der Waals surface area contributed by atoms with E-state index in [1.54, 1.807) is 12.3 Å². The standard InChI is InChI=1S/C16H13FN4O/c17-14-4-3-12(19-9-22)5-13(14)15-8-21-7-11(10-1-2-10)6-18-16(21)20-15/h3-10H,1-2H2,(H,19,22). The molecule has 0 unspecified atom stereocenters. The van der Waals surface area contributed by atoms with Gasteiger partial charge in [-0.3, -0.25) is 9.20 Å². The van der Waals surface area contributed by atoms with Crippen LogP contribution in [0.15, 0.2) is 36.8 Å². The second kappa shape index (κ2) is 4.91. The number of hydrogen-bond donors (Lipinski definition) is 1. The van der Waals surface area contributed by atoms with Gasteiger partial charge in [0.05, 0.1) is 5.69 Å². The molecule has 1 aliphatic carbocycles. The first-order valence-electron chi connectivity index (χ1n) is 7.09. The summed E-state index contributed by atoms with van der Waals surface area (Å²) in [5.74, 6) is 0.745. The Labute approximate surface area is 125 Å². The Morgan fingerprint density at radius 1 is 1.32 bits per heavy atom. The quantitative estimate of drug-likeness (QED) is 0.753. The fraction of sp³-hybridized carbons (Fsp3) is 0.188. The van der Waals surface area contributed by atoms with Crippen molar-refractivity contribution in [1.29, 1.82) is 0 Å². The minimum absolute atomic E-state index is 0.338. The van der Waals surface area contributed by atoms with Crippen LogP contribution >= 0.6 is 0 Å². The van der Waals surface area contributed by atoms with Gasteiger partial charge in [-0.15, -0.1) is 0 Å². The van der Waals surface area contributed by atoms with E-state index in [-0.39, 0.29) is 5.82 Å². The molecule has 110 valence electrons. The van der Waals surface area contributed by atoms with E-state index in [1.807, 2.05) is 16.8 Å². The number of benzene rings is 1. The first kappa shape index (κ1) is 12.9. The normalized spacial score (nSPS) is 14.2. The number of carbonyl (C=O) groups is 1. The highest BCUT2D eigenvalue weighted by atomic mass is 19.1. The molecule has 4 rings (SSSR count). The van der Waals surface area contributed by atoms with E-state index in [4.69, 9.17) is 0 Å². The molecule has 22 heavy (non-hydrogen) atoms. The molecule has 0 aliphatic heterocycles. The van der Waals surface area contributed by atoms with Crippen molar-refractivity contribution in [3.63, 3.8) is 0 Å². The molecule has 0 radical (unpaired) electrons. The molecule has 1 amide bonds. The molecule has 0 spiro atoms. The summed E-state index contributed by atoms with van der Waals surface area (Å²) in [5, 5.41) is 2.51. The SMILES string of the molecule is O=CNc1ccc(F)c(-c2cn3cc(C4CC4)cnc3n2)c1. The Morgan fingerprint density at radius 3 is 2.95 bits per heavy atom. The molecule has 1 aromatic carbocycles. The van der Waals surface area contributed by atoms with Crippen LogP contribution in [0.25, 0.3) is 17.0 Å². The van der Waals surface area contributed by atoms with Crippen LogP contribution < -0.4 is 5.32 Å². The van der Waals surface area contributed by atoms with E-state index in [0.717, 1.165) is 0 Å². The van der Waals surface area contributed by atoms with Gasteiger partial charge in [0.2, 0.25) is 12.2 Å². The molecule has 1 N–H and O–H groups in total. The average molecular weight is 296 g/mol. The molecule has 0 bridgehead atoms. The van der Waals surface area contributed by atoms with Crippen molar-refractivity contribution in [3.05, 3.63) is 48.2 Å². The van der Waals surface area contributed by atoms with Gasteiger partial charge in [0.25, 0.3) is 0 Å². The zero-order valence-electron chi connectivity index (χ0n) is 11.7. The third kappa shape index (κ3) is 2.22. The Kier molecular flexibility index (Phi) is 2.89. The monoisotopic (exact) mass is 296 g/mol. The summed E-state index contributed by atoms with van der Waals surface area (Å²) in [5.41, 5.74) is 2.54. The largest absolute Gasteiger partial charge is 0.329 e. The number of amides is 1. The van der Waals surface area contributed by atoms with Crippen molar-refractivity contribution in [2.45, 2.75) is 18.8 Å².